The first-order chi connectivity index (χ1) is 22.3. The van der Waals surface area contributed by atoms with E-state index in [0.29, 0.717) is 5.71 Å². The third-order valence-corrected chi connectivity index (χ3v) is 11.2. The lowest BCUT2D eigenvalue weighted by atomic mass is 10.00. The zero-order chi connectivity index (χ0) is 29.5. The molecule has 0 bridgehead atoms. The van der Waals surface area contributed by atoms with Crippen molar-refractivity contribution < 1.29 is 4.42 Å². The van der Waals surface area contributed by atoms with E-state index in [1.165, 1.54) is 57.0 Å². The summed E-state index contributed by atoms with van der Waals surface area (Å²) in [5, 5.41) is 6.13. The third-order valence-electron chi connectivity index (χ3n) is 8.78. The van der Waals surface area contributed by atoms with Crippen LogP contribution < -0.4 is 0 Å². The molecule has 210 valence electrons. The summed E-state index contributed by atoms with van der Waals surface area (Å²) in [6.07, 6.45) is 1.83. The van der Waals surface area contributed by atoms with Gasteiger partial charge in [-0.3, -0.25) is 0 Å². The van der Waals surface area contributed by atoms with Gasteiger partial charge in [0.2, 0.25) is 5.71 Å². The molecule has 0 saturated carbocycles. The second-order valence-electron chi connectivity index (χ2n) is 11.3. The van der Waals surface area contributed by atoms with Gasteiger partial charge in [-0.15, -0.1) is 22.7 Å². The average Bonchev–Trinajstić information content (AvgIpc) is 3.79. The van der Waals surface area contributed by atoms with Crippen LogP contribution in [-0.2, 0) is 0 Å². The minimum atomic E-state index is 0.552. The maximum Gasteiger partial charge on any atom is 0.246 e. The van der Waals surface area contributed by atoms with E-state index in [2.05, 4.69) is 127 Å². The SMILES string of the molecule is c1cc(-c2cnc3oc4c(-c5cccc6c5sc5ccccc56)cccc4c3n2)cc(-c2cccc3c2sc2ccccc23)c1. The Morgan fingerprint density at radius 2 is 1.07 bits per heavy atom. The molecule has 10 rings (SSSR count). The van der Waals surface area contributed by atoms with Crippen molar-refractivity contribution in [1.29, 1.82) is 0 Å². The normalized spacial score (nSPS) is 12.0. The molecule has 6 aromatic carbocycles. The van der Waals surface area contributed by atoms with Gasteiger partial charge in [0.25, 0.3) is 0 Å². The van der Waals surface area contributed by atoms with Gasteiger partial charge in [-0.25, -0.2) is 9.97 Å². The predicted octanol–water partition coefficient (Wildman–Crippen LogP) is 12.1. The van der Waals surface area contributed by atoms with E-state index in [9.17, 15) is 0 Å². The van der Waals surface area contributed by atoms with Crippen LogP contribution >= 0.6 is 22.7 Å². The number of fused-ring (bicyclic) bond motifs is 9. The molecule has 5 heteroatoms. The van der Waals surface area contributed by atoms with Crippen molar-refractivity contribution in [3.8, 4) is 33.5 Å². The lowest BCUT2D eigenvalue weighted by Gasteiger charge is -2.07. The molecule has 0 atom stereocenters. The van der Waals surface area contributed by atoms with E-state index in [-0.39, 0.29) is 0 Å². The third kappa shape index (κ3) is 3.75. The Hall–Kier alpha value is -5.36. The molecule has 0 unspecified atom stereocenters. The Morgan fingerprint density at radius 3 is 1.82 bits per heavy atom. The predicted molar refractivity (Wildman–Crippen MR) is 191 cm³/mol. The van der Waals surface area contributed by atoms with Crippen LogP contribution in [0.15, 0.2) is 138 Å². The fourth-order valence-corrected chi connectivity index (χ4v) is 9.16. The zero-order valence-electron chi connectivity index (χ0n) is 23.8. The van der Waals surface area contributed by atoms with Crippen molar-refractivity contribution in [2.45, 2.75) is 0 Å². The van der Waals surface area contributed by atoms with Crippen molar-refractivity contribution in [1.82, 2.24) is 9.97 Å². The van der Waals surface area contributed by atoms with Crippen LogP contribution in [-0.4, -0.2) is 9.97 Å². The van der Waals surface area contributed by atoms with Crippen LogP contribution in [0.4, 0.5) is 0 Å². The number of benzene rings is 6. The topological polar surface area (TPSA) is 38.9 Å². The van der Waals surface area contributed by atoms with Crippen molar-refractivity contribution in [3.63, 3.8) is 0 Å². The average molecular weight is 611 g/mol. The molecule has 4 aromatic heterocycles. The highest BCUT2D eigenvalue weighted by Gasteiger charge is 2.18. The Morgan fingerprint density at radius 1 is 0.489 bits per heavy atom. The van der Waals surface area contributed by atoms with Gasteiger partial charge in [0, 0.05) is 62.4 Å². The first-order valence-corrected chi connectivity index (χ1v) is 16.5. The maximum absolute atomic E-state index is 6.45. The standard InChI is InChI=1S/C40H22N2OS2/c1-3-19-34-26(11-1)29-15-6-13-25(38(29)44-34)23-9-5-10-24(21-23)33-22-41-40-36(42-33)32-18-7-14-28(37(32)43-40)31-17-8-16-30-27-12-2-4-20-35(27)45-39(30)31/h1-22H. The summed E-state index contributed by atoms with van der Waals surface area (Å²) >= 11 is 3.68. The largest absolute Gasteiger partial charge is 0.436 e. The Bertz CT molecular complexity index is 2780. The number of para-hydroxylation sites is 1. The summed E-state index contributed by atoms with van der Waals surface area (Å²) in [5.41, 5.74) is 8.64. The Balaban J connectivity index is 1.12. The fourth-order valence-electron chi connectivity index (χ4n) is 6.69. The molecule has 0 saturated heterocycles. The second kappa shape index (κ2) is 9.57. The fraction of sp³-hybridized carbons (Fsp3) is 0. The number of rotatable bonds is 3. The van der Waals surface area contributed by atoms with E-state index in [1.807, 2.05) is 28.9 Å². The van der Waals surface area contributed by atoms with Crippen LogP contribution in [0.3, 0.4) is 0 Å². The van der Waals surface area contributed by atoms with Crippen LogP contribution in [0.5, 0.6) is 0 Å². The van der Waals surface area contributed by atoms with Gasteiger partial charge < -0.3 is 4.42 Å². The summed E-state index contributed by atoms with van der Waals surface area (Å²) in [5.74, 6) is 0. The van der Waals surface area contributed by atoms with Gasteiger partial charge in [-0.2, -0.15) is 0 Å². The van der Waals surface area contributed by atoms with Gasteiger partial charge in [0.15, 0.2) is 0 Å². The molecular weight excluding hydrogens is 589 g/mol. The summed E-state index contributed by atoms with van der Waals surface area (Å²) in [6, 6.07) is 45.3. The minimum absolute atomic E-state index is 0.552. The highest BCUT2D eigenvalue weighted by molar-refractivity contribution is 7.26. The molecule has 0 aliphatic carbocycles. The lowest BCUT2D eigenvalue weighted by Crippen LogP contribution is -1.88. The van der Waals surface area contributed by atoms with Gasteiger partial charge >= 0.3 is 0 Å². The molecule has 0 amide bonds. The molecule has 0 fully saturated rings. The number of furan rings is 1. The summed E-state index contributed by atoms with van der Waals surface area (Å²) < 4.78 is 11.6. The van der Waals surface area contributed by atoms with Crippen molar-refractivity contribution in [3.05, 3.63) is 134 Å². The zero-order valence-corrected chi connectivity index (χ0v) is 25.5. The molecule has 10 aromatic rings. The highest BCUT2D eigenvalue weighted by atomic mass is 32.1. The number of aromatic nitrogens is 2. The maximum atomic E-state index is 6.45. The highest BCUT2D eigenvalue weighted by Crippen LogP contribution is 2.44. The van der Waals surface area contributed by atoms with E-state index in [4.69, 9.17) is 14.4 Å². The smallest absolute Gasteiger partial charge is 0.246 e. The Kier molecular flexibility index (Phi) is 5.32. The van der Waals surface area contributed by atoms with Crippen molar-refractivity contribution in [2.24, 2.45) is 0 Å². The van der Waals surface area contributed by atoms with Gasteiger partial charge in [-0.05, 0) is 35.4 Å². The van der Waals surface area contributed by atoms with Crippen LogP contribution in [0, 0.1) is 0 Å². The van der Waals surface area contributed by atoms with Crippen LogP contribution in [0.2, 0.25) is 0 Å². The first-order valence-electron chi connectivity index (χ1n) is 14.9. The molecular formula is C40H22N2OS2. The molecule has 0 aliphatic rings. The Labute approximate surface area is 265 Å². The van der Waals surface area contributed by atoms with Crippen LogP contribution in [0.25, 0.3) is 96.1 Å². The van der Waals surface area contributed by atoms with Crippen molar-refractivity contribution >= 4 is 85.2 Å². The molecule has 0 N–H and O–H groups in total. The van der Waals surface area contributed by atoms with Gasteiger partial charge in [0.05, 0.1) is 11.9 Å². The van der Waals surface area contributed by atoms with Gasteiger partial charge in [0.1, 0.15) is 11.1 Å². The van der Waals surface area contributed by atoms with E-state index in [0.717, 1.165) is 33.3 Å². The summed E-state index contributed by atoms with van der Waals surface area (Å²) in [4.78, 5) is 9.93. The second-order valence-corrected chi connectivity index (χ2v) is 13.4. The summed E-state index contributed by atoms with van der Waals surface area (Å²) in [7, 11) is 0. The molecule has 0 radical (unpaired) electrons. The molecule has 4 heterocycles. The first kappa shape index (κ1) is 25.0. The molecule has 45 heavy (non-hydrogen) atoms. The van der Waals surface area contributed by atoms with E-state index in [1.54, 1.807) is 0 Å². The van der Waals surface area contributed by atoms with Crippen LogP contribution in [0.1, 0.15) is 0 Å². The number of nitrogens with zero attached hydrogens (tertiary/aromatic N) is 2. The quantitative estimate of drug-likeness (QED) is 0.200. The molecule has 0 aliphatic heterocycles. The van der Waals surface area contributed by atoms with Crippen molar-refractivity contribution in [2.75, 3.05) is 0 Å². The number of hydrogen-bond donors (Lipinski definition) is 0. The number of hydrogen-bond acceptors (Lipinski definition) is 5. The van der Waals surface area contributed by atoms with E-state index < -0.39 is 0 Å². The monoisotopic (exact) mass is 610 g/mol. The minimum Gasteiger partial charge on any atom is -0.436 e. The number of thiophene rings is 2. The summed E-state index contributed by atoms with van der Waals surface area (Å²) in [6.45, 7) is 0. The molecule has 3 nitrogen and oxygen atoms in total. The lowest BCUT2D eigenvalue weighted by molar-refractivity contribution is 0.654. The molecule has 0 spiro atoms. The van der Waals surface area contributed by atoms with Gasteiger partial charge in [-0.1, -0.05) is 103 Å². The van der Waals surface area contributed by atoms with E-state index >= 15 is 0 Å².